The quantitative estimate of drug-likeness (QED) is 0.858. The predicted molar refractivity (Wildman–Crippen MR) is 86.0 cm³/mol. The highest BCUT2D eigenvalue weighted by Gasteiger charge is 2.13. The average Bonchev–Trinajstić information content (AvgIpc) is 2.95. The second-order valence-corrected chi connectivity index (χ2v) is 5.95. The Labute approximate surface area is 134 Å². The number of rotatable bonds is 6. The number of carbonyl (C=O) groups is 1. The Morgan fingerprint density at radius 1 is 1.41 bits per heavy atom. The second-order valence-electron chi connectivity index (χ2n) is 5.54. The number of aliphatic hydroxyl groups excluding tert-OH is 1. The lowest BCUT2D eigenvalue weighted by atomic mass is 10.1. The first kappa shape index (κ1) is 16.5. The van der Waals surface area contributed by atoms with Gasteiger partial charge in [0.15, 0.2) is 0 Å². The number of nitrogens with zero attached hydrogens (tertiary/aromatic N) is 2. The molecule has 1 aromatic heterocycles. The molecule has 6 heteroatoms. The van der Waals surface area contributed by atoms with Crippen LogP contribution in [-0.4, -0.2) is 33.4 Å². The minimum Gasteiger partial charge on any atom is -0.391 e. The van der Waals surface area contributed by atoms with Crippen LogP contribution in [0.2, 0.25) is 5.02 Å². The number of hydrogen-bond acceptors (Lipinski definition) is 3. The third kappa shape index (κ3) is 4.32. The van der Waals surface area contributed by atoms with Crippen LogP contribution in [0.4, 0.5) is 0 Å². The van der Waals surface area contributed by atoms with Gasteiger partial charge in [0, 0.05) is 17.8 Å². The van der Waals surface area contributed by atoms with Crippen LogP contribution in [0.1, 0.15) is 29.8 Å². The molecule has 22 heavy (non-hydrogen) atoms. The van der Waals surface area contributed by atoms with Gasteiger partial charge >= 0.3 is 0 Å². The molecule has 0 aliphatic rings. The molecule has 0 spiro atoms. The van der Waals surface area contributed by atoms with Gasteiger partial charge in [-0.25, -0.2) is 0 Å². The van der Waals surface area contributed by atoms with Crippen molar-refractivity contribution in [3.8, 4) is 0 Å². The molecule has 0 bridgehead atoms. The van der Waals surface area contributed by atoms with Crippen molar-refractivity contribution in [2.75, 3.05) is 6.54 Å². The average molecular weight is 322 g/mol. The molecule has 2 aromatic rings. The summed E-state index contributed by atoms with van der Waals surface area (Å²) in [6.07, 6.45) is 2.62. The SMILES string of the molecule is CC(C)C(O)CNC(=O)c1cnn(Cc2ccccc2Cl)c1. The van der Waals surface area contributed by atoms with Gasteiger partial charge in [-0.15, -0.1) is 0 Å². The molecular formula is C16H20ClN3O2. The van der Waals surface area contributed by atoms with E-state index in [1.54, 1.807) is 10.9 Å². The molecule has 2 N–H and O–H groups in total. The highest BCUT2D eigenvalue weighted by Crippen LogP contribution is 2.16. The summed E-state index contributed by atoms with van der Waals surface area (Å²) >= 11 is 6.11. The zero-order valence-electron chi connectivity index (χ0n) is 12.7. The number of benzene rings is 1. The van der Waals surface area contributed by atoms with Crippen molar-refractivity contribution >= 4 is 17.5 Å². The predicted octanol–water partition coefficient (Wildman–Crippen LogP) is 2.33. The van der Waals surface area contributed by atoms with Crippen molar-refractivity contribution in [1.82, 2.24) is 15.1 Å². The fourth-order valence-corrected chi connectivity index (χ4v) is 2.10. The molecule has 0 aliphatic carbocycles. The molecular weight excluding hydrogens is 302 g/mol. The molecule has 0 radical (unpaired) electrons. The third-order valence-corrected chi connectivity index (χ3v) is 3.80. The first-order chi connectivity index (χ1) is 10.5. The van der Waals surface area contributed by atoms with Crippen molar-refractivity contribution < 1.29 is 9.90 Å². The van der Waals surface area contributed by atoms with E-state index in [1.807, 2.05) is 38.1 Å². The summed E-state index contributed by atoms with van der Waals surface area (Å²) in [4.78, 5) is 12.0. The Balaban J connectivity index is 1.96. The van der Waals surface area contributed by atoms with Gasteiger partial charge in [-0.05, 0) is 17.5 Å². The van der Waals surface area contributed by atoms with E-state index in [1.165, 1.54) is 6.20 Å². The number of hydrogen-bond donors (Lipinski definition) is 2. The summed E-state index contributed by atoms with van der Waals surface area (Å²) in [6.45, 7) is 4.53. The summed E-state index contributed by atoms with van der Waals surface area (Å²) in [5.74, 6) is -0.145. The van der Waals surface area contributed by atoms with Gasteiger partial charge in [0.25, 0.3) is 5.91 Å². The molecule has 118 valence electrons. The molecule has 1 heterocycles. The zero-order valence-corrected chi connectivity index (χ0v) is 13.4. The van der Waals surface area contributed by atoms with Crippen LogP contribution in [0.5, 0.6) is 0 Å². The van der Waals surface area contributed by atoms with Gasteiger partial charge in [-0.3, -0.25) is 9.48 Å². The van der Waals surface area contributed by atoms with Crippen molar-refractivity contribution in [3.05, 3.63) is 52.8 Å². The van der Waals surface area contributed by atoms with E-state index >= 15 is 0 Å². The van der Waals surface area contributed by atoms with E-state index in [0.717, 1.165) is 5.56 Å². The maximum atomic E-state index is 12.0. The van der Waals surface area contributed by atoms with Crippen LogP contribution in [0, 0.1) is 5.92 Å². The number of aliphatic hydroxyl groups is 1. The van der Waals surface area contributed by atoms with Crippen molar-refractivity contribution in [2.45, 2.75) is 26.5 Å². The molecule has 0 aliphatic heterocycles. The molecule has 1 amide bonds. The molecule has 1 unspecified atom stereocenters. The van der Waals surface area contributed by atoms with Crippen LogP contribution >= 0.6 is 11.6 Å². The topological polar surface area (TPSA) is 67.2 Å². The molecule has 0 fully saturated rings. The largest absolute Gasteiger partial charge is 0.391 e. The van der Waals surface area contributed by atoms with Gasteiger partial charge in [-0.2, -0.15) is 5.10 Å². The van der Waals surface area contributed by atoms with E-state index in [4.69, 9.17) is 11.6 Å². The smallest absolute Gasteiger partial charge is 0.254 e. The van der Waals surface area contributed by atoms with Crippen LogP contribution in [0.25, 0.3) is 0 Å². The van der Waals surface area contributed by atoms with Crippen molar-refractivity contribution in [1.29, 1.82) is 0 Å². The number of aromatic nitrogens is 2. The normalized spacial score (nSPS) is 12.4. The Bertz CT molecular complexity index is 640. The monoisotopic (exact) mass is 321 g/mol. The molecule has 5 nitrogen and oxygen atoms in total. The molecule has 0 saturated heterocycles. The lowest BCUT2D eigenvalue weighted by molar-refractivity contribution is 0.0871. The maximum Gasteiger partial charge on any atom is 0.254 e. The number of halogens is 1. The number of amides is 1. The second kappa shape index (κ2) is 7.42. The number of carbonyl (C=O) groups excluding carboxylic acids is 1. The molecule has 1 aromatic carbocycles. The summed E-state index contributed by atoms with van der Waals surface area (Å²) in [7, 11) is 0. The van der Waals surface area contributed by atoms with E-state index in [0.29, 0.717) is 17.1 Å². The van der Waals surface area contributed by atoms with Crippen LogP contribution in [0.15, 0.2) is 36.7 Å². The van der Waals surface area contributed by atoms with Crippen molar-refractivity contribution in [2.24, 2.45) is 5.92 Å². The first-order valence-electron chi connectivity index (χ1n) is 7.19. The Kier molecular flexibility index (Phi) is 5.57. The standard InChI is InChI=1S/C16H20ClN3O2/c1-11(2)15(21)8-18-16(22)13-7-19-20(10-13)9-12-5-3-4-6-14(12)17/h3-7,10-11,15,21H,8-9H2,1-2H3,(H,18,22). The fraction of sp³-hybridized carbons (Fsp3) is 0.375. The zero-order chi connectivity index (χ0) is 16.1. The highest BCUT2D eigenvalue weighted by atomic mass is 35.5. The first-order valence-corrected chi connectivity index (χ1v) is 7.57. The molecule has 1 atom stereocenters. The Morgan fingerprint density at radius 3 is 2.82 bits per heavy atom. The third-order valence-electron chi connectivity index (χ3n) is 3.43. The molecule has 0 saturated carbocycles. The highest BCUT2D eigenvalue weighted by molar-refractivity contribution is 6.31. The maximum absolute atomic E-state index is 12.0. The summed E-state index contributed by atoms with van der Waals surface area (Å²) in [5.41, 5.74) is 1.40. The fourth-order valence-electron chi connectivity index (χ4n) is 1.90. The molecule has 2 rings (SSSR count). The van der Waals surface area contributed by atoms with E-state index < -0.39 is 6.10 Å². The number of nitrogens with one attached hydrogen (secondary N) is 1. The summed E-state index contributed by atoms with van der Waals surface area (Å²) in [6, 6.07) is 7.52. The minimum absolute atomic E-state index is 0.100. The lowest BCUT2D eigenvalue weighted by Crippen LogP contribution is -2.34. The van der Waals surface area contributed by atoms with Gasteiger partial charge in [-0.1, -0.05) is 43.6 Å². The van der Waals surface area contributed by atoms with Crippen molar-refractivity contribution in [3.63, 3.8) is 0 Å². The van der Waals surface area contributed by atoms with Gasteiger partial charge in [0.1, 0.15) is 0 Å². The summed E-state index contributed by atoms with van der Waals surface area (Å²) in [5, 5.41) is 17.2. The minimum atomic E-state index is -0.554. The van der Waals surface area contributed by atoms with E-state index in [2.05, 4.69) is 10.4 Å². The Morgan fingerprint density at radius 2 is 2.14 bits per heavy atom. The Hall–Kier alpha value is -1.85. The van der Waals surface area contributed by atoms with Gasteiger partial charge in [0.2, 0.25) is 0 Å². The summed E-state index contributed by atoms with van der Waals surface area (Å²) < 4.78 is 1.66. The van der Waals surface area contributed by atoms with Crippen LogP contribution in [-0.2, 0) is 6.54 Å². The van der Waals surface area contributed by atoms with E-state index in [-0.39, 0.29) is 18.4 Å². The van der Waals surface area contributed by atoms with Crippen LogP contribution < -0.4 is 5.32 Å². The van der Waals surface area contributed by atoms with E-state index in [9.17, 15) is 9.90 Å². The van der Waals surface area contributed by atoms with Crippen LogP contribution in [0.3, 0.4) is 0 Å². The van der Waals surface area contributed by atoms with Gasteiger partial charge < -0.3 is 10.4 Å². The lowest BCUT2D eigenvalue weighted by Gasteiger charge is -2.14. The van der Waals surface area contributed by atoms with Gasteiger partial charge in [0.05, 0.1) is 24.4 Å².